The highest BCUT2D eigenvalue weighted by Gasteiger charge is 2.45. The van der Waals surface area contributed by atoms with Crippen LogP contribution in [0, 0.1) is 13.8 Å². The molecule has 0 amide bonds. The molecule has 19 heavy (non-hydrogen) atoms. The van der Waals surface area contributed by atoms with E-state index in [1.165, 1.54) is 29.5 Å². The number of nitrogens with one attached hydrogen (secondary N) is 2. The zero-order chi connectivity index (χ0) is 13.5. The molecule has 1 aromatic carbocycles. The van der Waals surface area contributed by atoms with Crippen LogP contribution in [0.5, 0.6) is 0 Å². The summed E-state index contributed by atoms with van der Waals surface area (Å²) in [5.41, 5.74) is 4.63. The second kappa shape index (κ2) is 4.55. The van der Waals surface area contributed by atoms with Crippen LogP contribution in [0.2, 0.25) is 0 Å². The van der Waals surface area contributed by atoms with E-state index >= 15 is 0 Å². The lowest BCUT2D eigenvalue weighted by atomic mass is 9.91. The molecule has 102 valence electrons. The average Bonchev–Trinajstić information content (AvgIpc) is 3.03. The van der Waals surface area contributed by atoms with Crippen molar-refractivity contribution in [2.45, 2.75) is 45.1 Å². The van der Waals surface area contributed by atoms with Crippen LogP contribution in [0.1, 0.15) is 36.5 Å². The molecule has 3 nitrogen and oxygen atoms in total. The SMILES string of the molecule is Cc1ccc(C2(CNC3=NCC(C)N3)CC2)c(C)c1. The number of rotatable bonds is 3. The van der Waals surface area contributed by atoms with Gasteiger partial charge in [-0.3, -0.25) is 4.99 Å². The Balaban J connectivity index is 1.70. The molecule has 1 heterocycles. The highest BCUT2D eigenvalue weighted by atomic mass is 15.2. The summed E-state index contributed by atoms with van der Waals surface area (Å²) in [4.78, 5) is 4.47. The number of aryl methyl sites for hydroxylation is 2. The van der Waals surface area contributed by atoms with E-state index in [1.807, 2.05) is 0 Å². The topological polar surface area (TPSA) is 36.4 Å². The first-order chi connectivity index (χ1) is 9.09. The van der Waals surface area contributed by atoms with Crippen molar-refractivity contribution < 1.29 is 0 Å². The van der Waals surface area contributed by atoms with Crippen molar-refractivity contribution >= 4 is 5.96 Å². The van der Waals surface area contributed by atoms with Crippen LogP contribution in [-0.2, 0) is 5.41 Å². The van der Waals surface area contributed by atoms with E-state index in [2.05, 4.69) is 54.6 Å². The molecule has 0 aromatic heterocycles. The van der Waals surface area contributed by atoms with Gasteiger partial charge in [-0.2, -0.15) is 0 Å². The van der Waals surface area contributed by atoms with Gasteiger partial charge in [0.1, 0.15) is 0 Å². The summed E-state index contributed by atoms with van der Waals surface area (Å²) in [6.07, 6.45) is 2.57. The maximum absolute atomic E-state index is 4.47. The highest BCUT2D eigenvalue weighted by molar-refractivity contribution is 5.81. The van der Waals surface area contributed by atoms with E-state index in [1.54, 1.807) is 0 Å². The molecule has 0 radical (unpaired) electrons. The average molecular weight is 257 g/mol. The third-order valence-electron chi connectivity index (χ3n) is 4.31. The number of benzene rings is 1. The normalized spacial score (nSPS) is 23.7. The van der Waals surface area contributed by atoms with Gasteiger partial charge in [0.05, 0.1) is 6.54 Å². The Morgan fingerprint density at radius 1 is 1.37 bits per heavy atom. The molecule has 1 fully saturated rings. The van der Waals surface area contributed by atoms with Crippen LogP contribution in [0.25, 0.3) is 0 Å². The van der Waals surface area contributed by atoms with E-state index in [4.69, 9.17) is 0 Å². The molecule has 3 heteroatoms. The van der Waals surface area contributed by atoms with Crippen LogP contribution in [0.15, 0.2) is 23.2 Å². The Morgan fingerprint density at radius 3 is 2.74 bits per heavy atom. The minimum absolute atomic E-state index is 0.341. The zero-order valence-electron chi connectivity index (χ0n) is 12.1. The van der Waals surface area contributed by atoms with Crippen LogP contribution < -0.4 is 10.6 Å². The minimum atomic E-state index is 0.341. The quantitative estimate of drug-likeness (QED) is 0.871. The third-order valence-corrected chi connectivity index (χ3v) is 4.31. The largest absolute Gasteiger partial charge is 0.356 e. The highest BCUT2D eigenvalue weighted by Crippen LogP contribution is 2.48. The molecular formula is C16H23N3. The van der Waals surface area contributed by atoms with E-state index < -0.39 is 0 Å². The monoisotopic (exact) mass is 257 g/mol. The summed E-state index contributed by atoms with van der Waals surface area (Å²) >= 11 is 0. The number of hydrogen-bond acceptors (Lipinski definition) is 3. The summed E-state index contributed by atoms with van der Waals surface area (Å²) in [5, 5.41) is 6.86. The van der Waals surface area contributed by atoms with Crippen molar-refractivity contribution in [2.75, 3.05) is 13.1 Å². The van der Waals surface area contributed by atoms with Gasteiger partial charge in [0, 0.05) is 18.0 Å². The fourth-order valence-corrected chi connectivity index (χ4v) is 3.01. The van der Waals surface area contributed by atoms with Crippen molar-refractivity contribution in [3.05, 3.63) is 34.9 Å². The smallest absolute Gasteiger partial charge is 0.191 e. The maximum Gasteiger partial charge on any atom is 0.191 e. The molecule has 1 saturated carbocycles. The fourth-order valence-electron chi connectivity index (χ4n) is 3.01. The molecule has 1 unspecified atom stereocenters. The summed E-state index contributed by atoms with van der Waals surface area (Å²) < 4.78 is 0. The van der Waals surface area contributed by atoms with E-state index in [9.17, 15) is 0 Å². The zero-order valence-corrected chi connectivity index (χ0v) is 12.1. The molecule has 1 aliphatic carbocycles. The van der Waals surface area contributed by atoms with Gasteiger partial charge in [-0.25, -0.2) is 0 Å². The van der Waals surface area contributed by atoms with E-state index in [0.29, 0.717) is 11.5 Å². The standard InChI is InChI=1S/C16H23N3/c1-11-4-5-14(12(2)8-11)16(6-7-16)10-18-15-17-9-13(3)19-15/h4-5,8,13H,6-7,9-10H2,1-3H3,(H2,17,18,19). The Bertz CT molecular complexity index is 515. The van der Waals surface area contributed by atoms with Gasteiger partial charge in [0.2, 0.25) is 0 Å². The lowest BCUT2D eigenvalue weighted by Gasteiger charge is -2.20. The van der Waals surface area contributed by atoms with Gasteiger partial charge in [-0.05, 0) is 44.7 Å². The second-order valence-electron chi connectivity index (χ2n) is 6.19. The molecule has 2 N–H and O–H groups in total. The molecule has 1 aromatic rings. The van der Waals surface area contributed by atoms with Crippen LogP contribution in [0.3, 0.4) is 0 Å². The molecule has 1 aliphatic heterocycles. The molecule has 3 rings (SSSR count). The van der Waals surface area contributed by atoms with Crippen molar-refractivity contribution in [2.24, 2.45) is 4.99 Å². The van der Waals surface area contributed by atoms with Crippen molar-refractivity contribution in [3.8, 4) is 0 Å². The van der Waals surface area contributed by atoms with E-state index in [0.717, 1.165) is 19.0 Å². The van der Waals surface area contributed by atoms with Gasteiger partial charge >= 0.3 is 0 Å². The van der Waals surface area contributed by atoms with Crippen LogP contribution in [-0.4, -0.2) is 25.1 Å². The first-order valence-electron chi connectivity index (χ1n) is 7.22. The molecule has 2 aliphatic rings. The lowest BCUT2D eigenvalue weighted by molar-refractivity contribution is 0.640. The summed E-state index contributed by atoms with van der Waals surface area (Å²) in [7, 11) is 0. The summed E-state index contributed by atoms with van der Waals surface area (Å²) in [6, 6.07) is 7.31. The van der Waals surface area contributed by atoms with Crippen LogP contribution in [0.4, 0.5) is 0 Å². The fraction of sp³-hybridized carbons (Fsp3) is 0.562. The van der Waals surface area contributed by atoms with Crippen molar-refractivity contribution in [3.63, 3.8) is 0 Å². The Labute approximate surface area is 115 Å². The lowest BCUT2D eigenvalue weighted by Crippen LogP contribution is -2.41. The van der Waals surface area contributed by atoms with Gasteiger partial charge in [-0.15, -0.1) is 0 Å². The number of guanidine groups is 1. The number of aliphatic imine (C=N–C) groups is 1. The van der Waals surface area contributed by atoms with Crippen molar-refractivity contribution in [1.82, 2.24) is 10.6 Å². The first kappa shape index (κ1) is 12.5. The summed E-state index contributed by atoms with van der Waals surface area (Å²) in [6.45, 7) is 8.44. The maximum atomic E-state index is 4.47. The predicted octanol–water partition coefficient (Wildman–Crippen LogP) is 2.27. The van der Waals surface area contributed by atoms with Crippen molar-refractivity contribution in [1.29, 1.82) is 0 Å². The minimum Gasteiger partial charge on any atom is -0.356 e. The van der Waals surface area contributed by atoms with Crippen LogP contribution >= 0.6 is 0 Å². The third kappa shape index (κ3) is 2.46. The van der Waals surface area contributed by atoms with Gasteiger partial charge < -0.3 is 10.6 Å². The Hall–Kier alpha value is -1.51. The molecule has 0 saturated heterocycles. The number of nitrogens with zero attached hydrogens (tertiary/aromatic N) is 1. The second-order valence-corrected chi connectivity index (χ2v) is 6.19. The van der Waals surface area contributed by atoms with Gasteiger partial charge in [-0.1, -0.05) is 23.8 Å². The molecule has 1 atom stereocenters. The Kier molecular flexibility index (Phi) is 3.00. The molecule has 0 bridgehead atoms. The molecular weight excluding hydrogens is 234 g/mol. The Morgan fingerprint density at radius 2 is 2.16 bits per heavy atom. The number of hydrogen-bond donors (Lipinski definition) is 2. The van der Waals surface area contributed by atoms with Gasteiger partial charge in [0.15, 0.2) is 5.96 Å². The molecule has 0 spiro atoms. The first-order valence-corrected chi connectivity index (χ1v) is 7.22. The summed E-state index contributed by atoms with van der Waals surface area (Å²) in [5.74, 6) is 0.975. The predicted molar refractivity (Wildman–Crippen MR) is 79.7 cm³/mol. The van der Waals surface area contributed by atoms with Gasteiger partial charge in [0.25, 0.3) is 0 Å². The van der Waals surface area contributed by atoms with E-state index in [-0.39, 0.29) is 0 Å².